The van der Waals surface area contributed by atoms with Crippen molar-refractivity contribution in [2.24, 2.45) is 0 Å². The van der Waals surface area contributed by atoms with Gasteiger partial charge >= 0.3 is 6.09 Å². The van der Waals surface area contributed by atoms with Crippen LogP contribution in [0.2, 0.25) is 0 Å². The van der Waals surface area contributed by atoms with Gasteiger partial charge in [0.05, 0.1) is 6.26 Å². The molecule has 0 radical (unpaired) electrons. The molecule has 0 spiro atoms. The third kappa shape index (κ3) is 5.28. The molecule has 0 fully saturated rings. The van der Waals surface area contributed by atoms with Crippen LogP contribution in [0.25, 0.3) is 11.0 Å². The lowest BCUT2D eigenvalue weighted by Crippen LogP contribution is -2.43. The van der Waals surface area contributed by atoms with Gasteiger partial charge in [0.25, 0.3) is 0 Å². The van der Waals surface area contributed by atoms with Crippen LogP contribution in [0, 0.1) is 0 Å². The van der Waals surface area contributed by atoms with E-state index in [1.165, 1.54) is 0 Å². The topological polar surface area (TPSA) is 63.5 Å². The summed E-state index contributed by atoms with van der Waals surface area (Å²) in [4.78, 5) is 11.8. The van der Waals surface area contributed by atoms with Gasteiger partial charge in [-0.3, -0.25) is 0 Å². The van der Waals surface area contributed by atoms with Gasteiger partial charge in [0, 0.05) is 30.1 Å². The lowest BCUT2D eigenvalue weighted by molar-refractivity contribution is 0.0502. The Morgan fingerprint density at radius 3 is 2.74 bits per heavy atom. The van der Waals surface area contributed by atoms with Crippen molar-refractivity contribution in [2.45, 2.75) is 52.3 Å². The van der Waals surface area contributed by atoms with Gasteiger partial charge in [0.2, 0.25) is 0 Å². The molecule has 5 heteroatoms. The number of fused-ring (bicyclic) bond motifs is 1. The summed E-state index contributed by atoms with van der Waals surface area (Å²) < 4.78 is 10.8. The standard InChI is InChI=1S/C18H26N2O3/c1-5-14(20-17(21)23-18(2,3)4)11-19-10-13-12-22-16-9-7-6-8-15(13)16/h6-9,12,14,19H,5,10-11H2,1-4H3,(H,20,21). The molecule has 1 heterocycles. The van der Waals surface area contributed by atoms with E-state index >= 15 is 0 Å². The molecule has 1 unspecified atom stereocenters. The van der Waals surface area contributed by atoms with Crippen molar-refractivity contribution in [3.63, 3.8) is 0 Å². The largest absolute Gasteiger partial charge is 0.464 e. The Kier molecular flexibility index (Phi) is 5.66. The Morgan fingerprint density at radius 1 is 1.30 bits per heavy atom. The van der Waals surface area contributed by atoms with Gasteiger partial charge in [-0.15, -0.1) is 0 Å². The molecule has 1 atom stereocenters. The van der Waals surface area contributed by atoms with Crippen LogP contribution < -0.4 is 10.6 Å². The van der Waals surface area contributed by atoms with Crippen molar-refractivity contribution in [3.05, 3.63) is 36.1 Å². The lowest BCUT2D eigenvalue weighted by Gasteiger charge is -2.23. The van der Waals surface area contributed by atoms with E-state index in [9.17, 15) is 4.79 Å². The fourth-order valence-electron chi connectivity index (χ4n) is 2.32. The summed E-state index contributed by atoms with van der Waals surface area (Å²) in [7, 11) is 0. The molecule has 0 aliphatic rings. The second-order valence-electron chi connectivity index (χ2n) is 6.64. The van der Waals surface area contributed by atoms with E-state index in [2.05, 4.69) is 10.6 Å². The van der Waals surface area contributed by atoms with Crippen molar-refractivity contribution in [1.82, 2.24) is 10.6 Å². The van der Waals surface area contributed by atoms with Crippen LogP contribution in [0.15, 0.2) is 34.9 Å². The first kappa shape index (κ1) is 17.3. The number of para-hydroxylation sites is 1. The van der Waals surface area contributed by atoms with Gasteiger partial charge in [-0.2, -0.15) is 0 Å². The molecule has 0 aliphatic carbocycles. The summed E-state index contributed by atoms with van der Waals surface area (Å²) in [6.07, 6.45) is 2.23. The van der Waals surface area contributed by atoms with E-state index in [1.807, 2.05) is 52.0 Å². The average Bonchev–Trinajstić information content (AvgIpc) is 2.88. The maximum atomic E-state index is 11.8. The predicted octanol–water partition coefficient (Wildman–Crippen LogP) is 3.83. The highest BCUT2D eigenvalue weighted by Crippen LogP contribution is 2.20. The van der Waals surface area contributed by atoms with Crippen molar-refractivity contribution in [1.29, 1.82) is 0 Å². The number of benzene rings is 1. The van der Waals surface area contributed by atoms with Crippen molar-refractivity contribution >= 4 is 17.1 Å². The Hall–Kier alpha value is -2.01. The zero-order chi connectivity index (χ0) is 16.9. The number of furan rings is 1. The number of carbonyl (C=O) groups is 1. The first-order chi connectivity index (χ1) is 10.9. The number of amides is 1. The van der Waals surface area contributed by atoms with Gasteiger partial charge in [0.1, 0.15) is 11.2 Å². The predicted molar refractivity (Wildman–Crippen MR) is 91.4 cm³/mol. The van der Waals surface area contributed by atoms with Crippen LogP contribution in [0.1, 0.15) is 39.7 Å². The zero-order valence-corrected chi connectivity index (χ0v) is 14.3. The maximum Gasteiger partial charge on any atom is 0.407 e. The van der Waals surface area contributed by atoms with Gasteiger partial charge < -0.3 is 19.8 Å². The van der Waals surface area contributed by atoms with E-state index in [0.717, 1.165) is 23.0 Å². The fourth-order valence-corrected chi connectivity index (χ4v) is 2.32. The number of rotatable bonds is 6. The van der Waals surface area contributed by atoms with E-state index in [0.29, 0.717) is 13.1 Å². The molecule has 1 aromatic carbocycles. The molecule has 5 nitrogen and oxygen atoms in total. The molecule has 0 aliphatic heterocycles. The van der Waals surface area contributed by atoms with Crippen LogP contribution in [-0.2, 0) is 11.3 Å². The molecular weight excluding hydrogens is 292 g/mol. The Balaban J connectivity index is 1.83. The van der Waals surface area contributed by atoms with Gasteiger partial charge in [-0.25, -0.2) is 4.79 Å². The number of ether oxygens (including phenoxy) is 1. The molecule has 2 rings (SSSR count). The van der Waals surface area contributed by atoms with Crippen molar-refractivity contribution < 1.29 is 13.9 Å². The number of carbonyl (C=O) groups excluding carboxylic acids is 1. The van der Waals surface area contributed by atoms with E-state index in [-0.39, 0.29) is 12.1 Å². The van der Waals surface area contributed by atoms with Gasteiger partial charge in [-0.05, 0) is 33.3 Å². The monoisotopic (exact) mass is 318 g/mol. The normalized spacial score (nSPS) is 13.0. The highest BCUT2D eigenvalue weighted by molar-refractivity contribution is 5.80. The SMILES string of the molecule is CCC(CNCc1coc2ccccc12)NC(=O)OC(C)(C)C. The minimum absolute atomic E-state index is 0.0306. The van der Waals surface area contributed by atoms with Crippen LogP contribution in [-0.4, -0.2) is 24.3 Å². The van der Waals surface area contributed by atoms with E-state index in [4.69, 9.17) is 9.15 Å². The quantitative estimate of drug-likeness (QED) is 0.850. The molecule has 1 amide bonds. The molecule has 23 heavy (non-hydrogen) atoms. The molecule has 0 bridgehead atoms. The molecule has 0 saturated carbocycles. The van der Waals surface area contributed by atoms with Crippen LogP contribution in [0.4, 0.5) is 4.79 Å². The second kappa shape index (κ2) is 7.51. The van der Waals surface area contributed by atoms with Crippen LogP contribution >= 0.6 is 0 Å². The Bertz CT molecular complexity index is 643. The summed E-state index contributed by atoms with van der Waals surface area (Å²) >= 11 is 0. The first-order valence-electron chi connectivity index (χ1n) is 8.04. The second-order valence-corrected chi connectivity index (χ2v) is 6.64. The summed E-state index contributed by atoms with van der Waals surface area (Å²) in [6.45, 7) is 8.98. The molecular formula is C18H26N2O3. The van der Waals surface area contributed by atoms with Crippen LogP contribution in [0.5, 0.6) is 0 Å². The average molecular weight is 318 g/mol. The van der Waals surface area contributed by atoms with Crippen LogP contribution in [0.3, 0.4) is 0 Å². The minimum atomic E-state index is -0.481. The number of hydrogen-bond donors (Lipinski definition) is 2. The Morgan fingerprint density at radius 2 is 2.04 bits per heavy atom. The maximum absolute atomic E-state index is 11.8. The zero-order valence-electron chi connectivity index (χ0n) is 14.3. The Labute approximate surface area is 137 Å². The highest BCUT2D eigenvalue weighted by Gasteiger charge is 2.18. The van der Waals surface area contributed by atoms with Gasteiger partial charge in [0.15, 0.2) is 0 Å². The van der Waals surface area contributed by atoms with Gasteiger partial charge in [-0.1, -0.05) is 25.1 Å². The smallest absolute Gasteiger partial charge is 0.407 e. The third-order valence-electron chi connectivity index (χ3n) is 3.48. The van der Waals surface area contributed by atoms with E-state index in [1.54, 1.807) is 6.26 Å². The van der Waals surface area contributed by atoms with E-state index < -0.39 is 5.60 Å². The number of nitrogens with one attached hydrogen (secondary N) is 2. The number of alkyl carbamates (subject to hydrolysis) is 1. The van der Waals surface area contributed by atoms with Crippen molar-refractivity contribution in [3.8, 4) is 0 Å². The lowest BCUT2D eigenvalue weighted by atomic mass is 10.1. The molecule has 126 valence electrons. The molecule has 1 aromatic heterocycles. The summed E-state index contributed by atoms with van der Waals surface area (Å²) in [6, 6.07) is 7.99. The molecule has 0 saturated heterocycles. The molecule has 2 N–H and O–H groups in total. The van der Waals surface area contributed by atoms with Crippen molar-refractivity contribution in [2.75, 3.05) is 6.54 Å². The third-order valence-corrected chi connectivity index (χ3v) is 3.48. The summed E-state index contributed by atoms with van der Waals surface area (Å²) in [5, 5.41) is 7.38. The minimum Gasteiger partial charge on any atom is -0.464 e. The first-order valence-corrected chi connectivity index (χ1v) is 8.04. The summed E-state index contributed by atoms with van der Waals surface area (Å²) in [5.41, 5.74) is 1.53. The summed E-state index contributed by atoms with van der Waals surface area (Å²) in [5.74, 6) is 0. The highest BCUT2D eigenvalue weighted by atomic mass is 16.6. The molecule has 2 aromatic rings. The number of hydrogen-bond acceptors (Lipinski definition) is 4. The fraction of sp³-hybridized carbons (Fsp3) is 0.500.